The van der Waals surface area contributed by atoms with Crippen LogP contribution in [0.4, 0.5) is 8.78 Å². The van der Waals surface area contributed by atoms with Gasteiger partial charge >= 0.3 is 0 Å². The van der Waals surface area contributed by atoms with Crippen LogP contribution >= 0.6 is 0 Å². The lowest BCUT2D eigenvalue weighted by Gasteiger charge is -2.22. The Bertz CT molecular complexity index is 1150. The molecule has 162 valence electrons. The Balaban J connectivity index is 1.47. The third-order valence-corrected chi connectivity index (χ3v) is 6.83. The minimum atomic E-state index is -0.689. The van der Waals surface area contributed by atoms with Crippen molar-refractivity contribution in [3.63, 3.8) is 0 Å². The summed E-state index contributed by atoms with van der Waals surface area (Å²) < 4.78 is 29.4. The van der Waals surface area contributed by atoms with E-state index < -0.39 is 17.5 Å². The Morgan fingerprint density at radius 1 is 1.19 bits per heavy atom. The van der Waals surface area contributed by atoms with Gasteiger partial charge in [-0.05, 0) is 48.8 Å². The highest BCUT2D eigenvalue weighted by atomic mass is 19.1. The van der Waals surface area contributed by atoms with E-state index in [4.69, 9.17) is 5.21 Å². The van der Waals surface area contributed by atoms with Crippen molar-refractivity contribution in [2.24, 2.45) is 11.8 Å². The van der Waals surface area contributed by atoms with Crippen LogP contribution in [-0.2, 0) is 13.1 Å². The molecule has 3 N–H and O–H groups in total. The van der Waals surface area contributed by atoms with Crippen molar-refractivity contribution in [3.05, 3.63) is 65.1 Å². The van der Waals surface area contributed by atoms with Gasteiger partial charge in [-0.15, -0.1) is 0 Å². The predicted octanol–water partition coefficient (Wildman–Crippen LogP) is 3.76. The Morgan fingerprint density at radius 2 is 2.06 bits per heavy atom. The maximum Gasteiger partial charge on any atom is 0.293 e. The van der Waals surface area contributed by atoms with Gasteiger partial charge in [0.25, 0.3) is 5.91 Å². The number of benzene rings is 1. The topological polar surface area (TPSA) is 79.2 Å². The number of rotatable bonds is 6. The fourth-order valence-electron chi connectivity index (χ4n) is 5.28. The average Bonchev–Trinajstić information content (AvgIpc) is 3.48. The molecule has 2 aromatic heterocycles. The fourth-order valence-corrected chi connectivity index (χ4v) is 5.28. The zero-order chi connectivity index (χ0) is 21.5. The molecule has 2 saturated carbocycles. The van der Waals surface area contributed by atoms with Gasteiger partial charge in [0.2, 0.25) is 0 Å². The highest BCUT2D eigenvalue weighted by Crippen LogP contribution is 2.44. The molecule has 0 radical (unpaired) electrons. The van der Waals surface area contributed by atoms with E-state index in [0.29, 0.717) is 18.2 Å². The molecule has 2 bridgehead atoms. The van der Waals surface area contributed by atoms with Gasteiger partial charge in [0.05, 0.1) is 18.3 Å². The summed E-state index contributed by atoms with van der Waals surface area (Å²) in [5.74, 6) is -0.354. The van der Waals surface area contributed by atoms with Crippen molar-refractivity contribution in [1.82, 2.24) is 20.3 Å². The molecule has 6 nitrogen and oxygen atoms in total. The van der Waals surface area contributed by atoms with Crippen LogP contribution in [0, 0.1) is 23.5 Å². The van der Waals surface area contributed by atoms with Gasteiger partial charge in [0, 0.05) is 35.8 Å². The second-order valence-corrected chi connectivity index (χ2v) is 8.71. The lowest BCUT2D eigenvalue weighted by atomic mass is 9.95. The zero-order valence-electron chi connectivity index (χ0n) is 16.9. The normalized spacial score (nSPS) is 22.4. The van der Waals surface area contributed by atoms with Crippen LogP contribution in [0.25, 0.3) is 10.9 Å². The molecule has 2 heterocycles. The van der Waals surface area contributed by atoms with Crippen molar-refractivity contribution in [2.75, 3.05) is 0 Å². The number of halogens is 2. The molecule has 31 heavy (non-hydrogen) atoms. The van der Waals surface area contributed by atoms with E-state index in [1.807, 2.05) is 10.8 Å². The molecular weight excluding hydrogens is 402 g/mol. The van der Waals surface area contributed by atoms with Crippen LogP contribution in [0.3, 0.4) is 0 Å². The number of hydrogen-bond acceptors (Lipinski definition) is 4. The summed E-state index contributed by atoms with van der Waals surface area (Å²) in [7, 11) is 0. The number of hydroxylamine groups is 1. The van der Waals surface area contributed by atoms with Gasteiger partial charge in [-0.1, -0.05) is 12.5 Å². The Morgan fingerprint density at radius 3 is 2.77 bits per heavy atom. The highest BCUT2D eigenvalue weighted by Gasteiger charge is 2.39. The molecule has 8 heteroatoms. The minimum absolute atomic E-state index is 0.0990. The second kappa shape index (κ2) is 8.01. The monoisotopic (exact) mass is 426 g/mol. The first-order valence-electron chi connectivity index (χ1n) is 10.6. The minimum Gasteiger partial charge on any atom is -0.341 e. The number of carbonyl (C=O) groups excluding carboxylic acids is 1. The van der Waals surface area contributed by atoms with Gasteiger partial charge in [0.15, 0.2) is 0 Å². The van der Waals surface area contributed by atoms with E-state index in [2.05, 4.69) is 10.3 Å². The second-order valence-electron chi connectivity index (χ2n) is 8.71. The number of nitrogens with zero attached hydrogens (tertiary/aromatic N) is 2. The van der Waals surface area contributed by atoms with E-state index in [-0.39, 0.29) is 12.2 Å². The van der Waals surface area contributed by atoms with Crippen LogP contribution < -0.4 is 10.8 Å². The van der Waals surface area contributed by atoms with Crippen molar-refractivity contribution < 1.29 is 18.8 Å². The lowest BCUT2D eigenvalue weighted by Crippen LogP contribution is -2.33. The van der Waals surface area contributed by atoms with Gasteiger partial charge in [-0.3, -0.25) is 10.0 Å². The van der Waals surface area contributed by atoms with Gasteiger partial charge in [0.1, 0.15) is 17.3 Å². The smallest absolute Gasteiger partial charge is 0.293 e. The number of hydrogen-bond donors (Lipinski definition) is 3. The van der Waals surface area contributed by atoms with Crippen LogP contribution in [0.5, 0.6) is 0 Å². The Labute approximate surface area is 178 Å². The largest absolute Gasteiger partial charge is 0.341 e. The molecule has 2 aliphatic carbocycles. The first-order valence-corrected chi connectivity index (χ1v) is 10.6. The van der Waals surface area contributed by atoms with E-state index in [9.17, 15) is 13.6 Å². The third kappa shape index (κ3) is 3.81. The van der Waals surface area contributed by atoms with Gasteiger partial charge in [-0.2, -0.15) is 0 Å². The Hall–Kier alpha value is -2.84. The van der Waals surface area contributed by atoms with Crippen LogP contribution in [0.2, 0.25) is 0 Å². The maximum atomic E-state index is 14.2. The number of pyridine rings is 1. The van der Waals surface area contributed by atoms with Crippen LogP contribution in [-0.4, -0.2) is 26.7 Å². The molecule has 0 spiro atoms. The summed E-state index contributed by atoms with van der Waals surface area (Å²) in [5, 5.41) is 13.4. The summed E-state index contributed by atoms with van der Waals surface area (Å²) >= 11 is 0. The Kier molecular flexibility index (Phi) is 5.19. The zero-order valence-corrected chi connectivity index (χ0v) is 16.9. The average molecular weight is 426 g/mol. The summed E-state index contributed by atoms with van der Waals surface area (Å²) in [6.45, 7) is 0.831. The SMILES string of the molecule is O=C(NO)c1cc2c(CN[C@@H]3CC4CC[C@@H]3C4)cn(Cc3ccc(F)cc3F)c2cn1. The van der Waals surface area contributed by atoms with Crippen LogP contribution in [0.15, 0.2) is 36.7 Å². The van der Waals surface area contributed by atoms with Crippen molar-refractivity contribution >= 4 is 16.8 Å². The fraction of sp³-hybridized carbons (Fsp3) is 0.391. The molecule has 0 aliphatic heterocycles. The molecule has 5 rings (SSSR count). The molecule has 2 aliphatic rings. The van der Waals surface area contributed by atoms with E-state index >= 15 is 0 Å². The van der Waals surface area contributed by atoms with Crippen LogP contribution in [0.1, 0.15) is 47.3 Å². The number of carbonyl (C=O) groups is 1. The number of nitrogens with one attached hydrogen (secondary N) is 2. The first-order chi connectivity index (χ1) is 15.0. The third-order valence-electron chi connectivity index (χ3n) is 6.83. The summed E-state index contributed by atoms with van der Waals surface area (Å²) in [5.41, 5.74) is 3.78. The standard InChI is InChI=1S/C23H24F2N4O2/c24-17-4-3-15(19(25)7-17)11-29-12-16(9-26-20-6-13-1-2-14(20)5-13)18-8-21(23(30)28-31)27-10-22(18)29/h3-4,7-8,10,12-14,20,26,31H,1-2,5-6,9,11H2,(H,28,30)/t13?,14-,20-/m1/s1. The molecular formula is C23H24F2N4O2. The van der Waals surface area contributed by atoms with Gasteiger partial charge < -0.3 is 9.88 Å². The summed E-state index contributed by atoms with van der Waals surface area (Å²) in [6.07, 6.45) is 8.57. The van der Waals surface area contributed by atoms with Crippen molar-refractivity contribution in [3.8, 4) is 0 Å². The first kappa shape index (κ1) is 20.1. The molecule has 2 fully saturated rings. The van der Waals surface area contributed by atoms with E-state index in [0.717, 1.165) is 34.4 Å². The lowest BCUT2D eigenvalue weighted by molar-refractivity contribution is 0.0701. The van der Waals surface area contributed by atoms with E-state index in [1.165, 1.54) is 37.8 Å². The molecule has 1 amide bonds. The molecule has 1 aromatic carbocycles. The number of fused-ring (bicyclic) bond motifs is 3. The molecule has 3 atom stereocenters. The number of aromatic nitrogens is 2. The predicted molar refractivity (Wildman–Crippen MR) is 111 cm³/mol. The number of amides is 1. The van der Waals surface area contributed by atoms with Crippen molar-refractivity contribution in [2.45, 2.75) is 44.8 Å². The molecule has 3 aromatic rings. The van der Waals surface area contributed by atoms with E-state index in [1.54, 1.807) is 17.7 Å². The van der Waals surface area contributed by atoms with Crippen molar-refractivity contribution in [1.29, 1.82) is 0 Å². The van der Waals surface area contributed by atoms with Gasteiger partial charge in [-0.25, -0.2) is 19.2 Å². The molecule has 1 unspecified atom stereocenters. The quantitative estimate of drug-likeness (QED) is 0.414. The highest BCUT2D eigenvalue weighted by molar-refractivity contribution is 5.96. The summed E-state index contributed by atoms with van der Waals surface area (Å²) in [4.78, 5) is 16.0. The maximum absolute atomic E-state index is 14.2. The summed E-state index contributed by atoms with van der Waals surface area (Å²) in [6, 6.07) is 5.68. The molecule has 0 saturated heterocycles.